The molecular weight excluding hydrogens is 783 g/mol. The van der Waals surface area contributed by atoms with Crippen molar-refractivity contribution in [3.63, 3.8) is 0 Å². The minimum atomic E-state index is -4.89. The molecular formula is C25H26N9Na3O12S3. The molecule has 0 radical (unpaired) electrons. The Labute approximate surface area is 367 Å². The summed E-state index contributed by atoms with van der Waals surface area (Å²) in [6, 6.07) is 8.85. The van der Waals surface area contributed by atoms with Gasteiger partial charge in [-0.25, -0.2) is 16.8 Å². The number of nitrogens with two attached hydrogens (primary N) is 1. The average molecular weight is 810 g/mol. The molecule has 0 aliphatic rings. The molecule has 27 heteroatoms. The Hall–Kier alpha value is -1.50. The molecule has 0 bridgehead atoms. The molecule has 1 aromatic heterocycles. The number of nitrogens with one attached hydrogen (secondary N) is 2. The Bertz CT molecular complexity index is 2070. The van der Waals surface area contributed by atoms with Crippen molar-refractivity contribution < 1.29 is 145 Å². The number of phenolic OH excluding ortho intramolecular Hbond substituents is 1. The second kappa shape index (κ2) is 22.2. The van der Waals surface area contributed by atoms with Crippen molar-refractivity contribution in [3.8, 4) is 5.75 Å². The molecule has 4 rings (SSSR count). The van der Waals surface area contributed by atoms with Crippen LogP contribution in [0.4, 0.5) is 40.6 Å². The van der Waals surface area contributed by atoms with E-state index in [0.717, 1.165) is 12.1 Å². The summed E-state index contributed by atoms with van der Waals surface area (Å²) in [7, 11) is -9.44. The van der Waals surface area contributed by atoms with Crippen LogP contribution in [0.15, 0.2) is 62.5 Å². The van der Waals surface area contributed by atoms with Gasteiger partial charge in [-0.2, -0.15) is 19.3 Å². The molecule has 0 saturated carbocycles. The van der Waals surface area contributed by atoms with Crippen molar-refractivity contribution in [3.05, 3.63) is 42.5 Å². The number of aliphatic hydroxyl groups is 2. The number of anilines is 5. The van der Waals surface area contributed by atoms with E-state index in [1.54, 1.807) is 0 Å². The van der Waals surface area contributed by atoms with E-state index in [-0.39, 0.29) is 178 Å². The summed E-state index contributed by atoms with van der Waals surface area (Å²) in [4.78, 5) is 13.5. The minimum Gasteiger partial charge on any atom is -0.748 e. The maximum Gasteiger partial charge on any atom is 1.00 e. The van der Waals surface area contributed by atoms with Gasteiger partial charge in [0.1, 0.15) is 27.2 Å². The number of nitrogen functional groups attached to an aromatic ring is 1. The normalized spacial score (nSPS) is 11.4. The third-order valence-electron chi connectivity index (χ3n) is 6.27. The maximum absolute atomic E-state index is 11.5. The van der Waals surface area contributed by atoms with E-state index < -0.39 is 36.6 Å². The SMILES string of the molecule is Nc1ccc2cc(S(=O)(=O)[O-])cc(O)c2c1N=Nc1ccc(Nc2nc(NCCS(=O)(=O)[O-])nc(N(CCO)CCO)n2)cc1SOO[O-].[Na+].[Na+].[Na+]. The second-order valence-corrected chi connectivity index (χ2v) is 13.3. The summed E-state index contributed by atoms with van der Waals surface area (Å²) in [5.41, 5.74) is 6.38. The van der Waals surface area contributed by atoms with Gasteiger partial charge in [-0.3, -0.25) is 5.04 Å². The van der Waals surface area contributed by atoms with Gasteiger partial charge in [0.15, 0.2) is 0 Å². The Balaban J connectivity index is 0.00000451. The Morgan fingerprint density at radius 3 is 2.21 bits per heavy atom. The van der Waals surface area contributed by atoms with Gasteiger partial charge >= 0.3 is 88.7 Å². The third kappa shape index (κ3) is 14.0. The first-order valence-electron chi connectivity index (χ1n) is 13.6. The number of phenols is 1. The first-order valence-corrected chi connectivity index (χ1v) is 17.3. The van der Waals surface area contributed by atoms with Gasteiger partial charge < -0.3 is 50.9 Å². The fourth-order valence-electron chi connectivity index (χ4n) is 4.17. The van der Waals surface area contributed by atoms with Crippen LogP contribution in [0.25, 0.3) is 10.8 Å². The summed E-state index contributed by atoms with van der Waals surface area (Å²) in [6.45, 7) is -0.944. The minimum absolute atomic E-state index is 0. The number of hydrogen-bond donors (Lipinski definition) is 6. The molecule has 0 fully saturated rings. The molecule has 52 heavy (non-hydrogen) atoms. The molecule has 0 atom stereocenters. The molecule has 21 nitrogen and oxygen atoms in total. The number of aromatic nitrogens is 3. The third-order valence-corrected chi connectivity index (χ3v) is 8.42. The van der Waals surface area contributed by atoms with Gasteiger partial charge in [0.2, 0.25) is 17.8 Å². The zero-order valence-corrected chi connectivity index (χ0v) is 36.2. The fraction of sp³-hybridized carbons (Fsp3) is 0.240. The van der Waals surface area contributed by atoms with Crippen LogP contribution in [0.2, 0.25) is 0 Å². The van der Waals surface area contributed by atoms with Crippen LogP contribution < -0.4 is 115 Å². The van der Waals surface area contributed by atoms with Crippen molar-refractivity contribution in [2.24, 2.45) is 10.2 Å². The molecule has 0 spiro atoms. The van der Waals surface area contributed by atoms with Crippen molar-refractivity contribution in [1.29, 1.82) is 0 Å². The molecule has 264 valence electrons. The van der Waals surface area contributed by atoms with E-state index in [4.69, 9.17) is 5.73 Å². The number of nitrogens with zero attached hydrogens (tertiary/aromatic N) is 6. The number of azo groups is 1. The van der Waals surface area contributed by atoms with E-state index in [2.05, 4.69) is 45.2 Å². The Kier molecular flexibility index (Phi) is 20.7. The molecule has 3 aromatic carbocycles. The standard InChI is InChI=1S/C25H29N9O12S3.3Na/c26-17-3-1-14-11-16(49(42,43)44)13-19(37)21(14)22(17)33-32-18-4-2-15(12-20(18)47-46-45-38)28-24-29-23(27-5-10-48(39,40)41)30-25(31-24)34(6-8-35)7-9-36;;;/h1-4,11-13,35-38H,5-10,26H2,(H,39,40,41)(H,42,43,44)(H2,27,28,29,30,31);;;/q;3*+1/p-3. The molecule has 0 aliphatic heterocycles. The van der Waals surface area contributed by atoms with Crippen molar-refractivity contribution in [1.82, 2.24) is 15.0 Å². The predicted octanol–water partition coefficient (Wildman–Crippen LogP) is -8.63. The van der Waals surface area contributed by atoms with Crippen LogP contribution in [0, 0.1) is 0 Å². The number of hydrogen-bond acceptors (Lipinski definition) is 22. The molecule has 4 aromatic rings. The van der Waals surface area contributed by atoms with Gasteiger partial charge in [0.25, 0.3) is 0 Å². The van der Waals surface area contributed by atoms with Gasteiger partial charge in [0, 0.05) is 25.3 Å². The molecule has 0 amide bonds. The zero-order valence-electron chi connectivity index (χ0n) is 27.8. The van der Waals surface area contributed by atoms with E-state index in [0.29, 0.717) is 12.0 Å². The molecule has 1 heterocycles. The van der Waals surface area contributed by atoms with Crippen LogP contribution in [0.3, 0.4) is 0 Å². The van der Waals surface area contributed by atoms with Gasteiger partial charge in [0.05, 0.1) is 62.0 Å². The topological polar surface area (TPSA) is 333 Å². The smallest absolute Gasteiger partial charge is 0.748 e. The summed E-state index contributed by atoms with van der Waals surface area (Å²) in [6.07, 6.45) is 0. The van der Waals surface area contributed by atoms with Crippen LogP contribution in [0.5, 0.6) is 5.75 Å². The quantitative estimate of drug-likeness (QED) is 0.0110. The molecule has 0 saturated heterocycles. The number of fused-ring (bicyclic) bond motifs is 1. The summed E-state index contributed by atoms with van der Waals surface area (Å²) in [5.74, 6) is -1.63. The van der Waals surface area contributed by atoms with Gasteiger partial charge in [-0.1, -0.05) is 6.07 Å². The molecule has 0 aliphatic carbocycles. The Morgan fingerprint density at radius 1 is 0.923 bits per heavy atom. The van der Waals surface area contributed by atoms with Crippen LogP contribution >= 0.6 is 12.0 Å². The summed E-state index contributed by atoms with van der Waals surface area (Å²) in [5, 5.41) is 57.4. The Morgan fingerprint density at radius 2 is 1.60 bits per heavy atom. The van der Waals surface area contributed by atoms with E-state index in [1.807, 2.05) is 0 Å². The number of aromatic hydroxyl groups is 1. The first-order chi connectivity index (χ1) is 23.2. The van der Waals surface area contributed by atoms with Crippen LogP contribution in [0.1, 0.15) is 0 Å². The fourth-order valence-corrected chi connectivity index (χ4v) is 5.52. The average Bonchev–Trinajstić information content (AvgIpc) is 3.02. The number of aliphatic hydroxyl groups excluding tert-OH is 2. The summed E-state index contributed by atoms with van der Waals surface area (Å²) >= 11 is 0.434. The number of benzene rings is 3. The first kappa shape index (κ1) is 48.5. The zero-order chi connectivity index (χ0) is 35.8. The van der Waals surface area contributed by atoms with Crippen molar-refractivity contribution >= 4 is 83.6 Å². The van der Waals surface area contributed by atoms with E-state index in [1.165, 1.54) is 35.2 Å². The van der Waals surface area contributed by atoms with E-state index in [9.17, 15) is 46.5 Å². The van der Waals surface area contributed by atoms with E-state index >= 15 is 0 Å². The second-order valence-electron chi connectivity index (χ2n) is 9.63. The van der Waals surface area contributed by atoms with Crippen LogP contribution in [-0.4, -0.2) is 94.8 Å². The monoisotopic (exact) mass is 809 g/mol. The van der Waals surface area contributed by atoms with Crippen LogP contribution in [-0.2, 0) is 29.6 Å². The molecule has 7 N–H and O–H groups in total. The molecule has 0 unspecified atom stereocenters. The number of rotatable bonds is 17. The predicted molar refractivity (Wildman–Crippen MR) is 169 cm³/mol. The van der Waals surface area contributed by atoms with Crippen molar-refractivity contribution in [2.75, 3.05) is 59.9 Å². The van der Waals surface area contributed by atoms with Gasteiger partial charge in [-0.15, -0.1) is 10.2 Å². The largest absolute Gasteiger partial charge is 1.00 e. The van der Waals surface area contributed by atoms with Crippen molar-refractivity contribution in [2.45, 2.75) is 9.79 Å². The maximum atomic E-state index is 11.5. The summed E-state index contributed by atoms with van der Waals surface area (Å²) < 4.78 is 72.1. The van der Waals surface area contributed by atoms with Gasteiger partial charge in [-0.05, 0) is 41.8 Å².